The molecule has 3 radical (unpaired) electrons. The number of carbonyl (C=O) groups is 1. The van der Waals surface area contributed by atoms with Gasteiger partial charge in [-0.05, 0) is 34.9 Å². The molecular formula is C23H39N3O5PY3-. The number of nitrogens with zero attached hydrogens (tertiary/aromatic N) is 2. The molecule has 5 atom stereocenters. The Kier molecular flexibility index (Phi) is 25.1. The molecular weight excluding hydrogens is 696 g/mol. The van der Waals surface area contributed by atoms with Crippen molar-refractivity contribution in [2.24, 2.45) is 5.73 Å². The van der Waals surface area contributed by atoms with E-state index in [4.69, 9.17) is 22.2 Å². The van der Waals surface area contributed by atoms with Crippen molar-refractivity contribution >= 4 is 15.2 Å². The van der Waals surface area contributed by atoms with Crippen LogP contribution in [0.15, 0.2) is 21.9 Å². The first-order chi connectivity index (χ1) is 15.2. The van der Waals surface area contributed by atoms with Crippen LogP contribution in [0, 0.1) is 12.5 Å². The fourth-order valence-corrected chi connectivity index (χ4v) is 3.56. The fraction of sp³-hybridized carbons (Fsp3) is 0.652. The zero-order valence-electron chi connectivity index (χ0n) is 21.5. The first-order valence-corrected chi connectivity index (χ1v) is 12.2. The number of carboxylic acid groups (broad SMARTS) is 1. The Hall–Kier alpha value is 1.55. The van der Waals surface area contributed by atoms with Gasteiger partial charge in [0.05, 0.1) is 11.7 Å². The predicted octanol–water partition coefficient (Wildman–Crippen LogP) is 2.41. The Labute approximate surface area is 287 Å². The van der Waals surface area contributed by atoms with Crippen molar-refractivity contribution < 1.29 is 113 Å². The minimum Gasteiger partial charge on any atom is -0.514 e. The van der Waals surface area contributed by atoms with E-state index >= 15 is 0 Å². The van der Waals surface area contributed by atoms with Gasteiger partial charge in [-0.2, -0.15) is 6.92 Å². The van der Waals surface area contributed by atoms with Crippen LogP contribution in [-0.4, -0.2) is 38.0 Å². The molecule has 0 spiro atoms. The van der Waals surface area contributed by atoms with Crippen molar-refractivity contribution in [2.75, 3.05) is 0 Å². The number of nitrogens with two attached hydrogens (primary N) is 1. The molecule has 191 valence electrons. The van der Waals surface area contributed by atoms with Gasteiger partial charge in [-0.1, -0.05) is 27.3 Å². The Morgan fingerprint density at radius 3 is 2.43 bits per heavy atom. The van der Waals surface area contributed by atoms with Crippen LogP contribution in [0.5, 0.6) is 0 Å². The molecule has 12 heteroatoms. The summed E-state index contributed by atoms with van der Waals surface area (Å²) in [5.74, 6) is -0.0355. The molecule has 3 N–H and O–H groups in total. The number of aromatic nitrogens is 2. The molecule has 1 aromatic heterocycles. The Balaban J connectivity index is -0.000000821. The summed E-state index contributed by atoms with van der Waals surface area (Å²) in [5.41, 5.74) is 5.75. The van der Waals surface area contributed by atoms with Crippen LogP contribution >= 0.6 is 9.24 Å². The maximum Gasteiger partial charge on any atom is 0.328 e. The number of carboxylic acids is 1. The van der Waals surface area contributed by atoms with E-state index in [0.29, 0.717) is 17.8 Å². The fourth-order valence-electron chi connectivity index (χ4n) is 3.56. The zero-order valence-corrected chi connectivity index (χ0v) is 31.4. The number of fused-ring (bicyclic) bond motifs is 5. The summed E-state index contributed by atoms with van der Waals surface area (Å²) in [5, 5.41) is 8.89. The molecule has 0 saturated carbocycles. The third-order valence-corrected chi connectivity index (χ3v) is 6.36. The van der Waals surface area contributed by atoms with Crippen molar-refractivity contribution in [1.29, 1.82) is 0 Å². The van der Waals surface area contributed by atoms with E-state index in [9.17, 15) is 14.4 Å². The van der Waals surface area contributed by atoms with Crippen LogP contribution in [-0.2, 0) is 121 Å². The van der Waals surface area contributed by atoms with E-state index in [2.05, 4.69) is 6.92 Å². The van der Waals surface area contributed by atoms with Gasteiger partial charge in [0, 0.05) is 123 Å². The summed E-state index contributed by atoms with van der Waals surface area (Å²) in [4.78, 5) is 36.2. The molecule has 4 unspecified atom stereocenters. The average Bonchev–Trinajstić information content (AvgIpc) is 3.25. The van der Waals surface area contributed by atoms with Crippen molar-refractivity contribution in [2.45, 2.75) is 96.8 Å². The maximum atomic E-state index is 12.7. The minimum absolute atomic E-state index is 0. The van der Waals surface area contributed by atoms with Crippen LogP contribution in [0.2, 0.25) is 0 Å². The number of rotatable bonds is 6. The first-order valence-electron chi connectivity index (χ1n) is 11.3. The van der Waals surface area contributed by atoms with Crippen LogP contribution in [0.4, 0.5) is 0 Å². The predicted molar refractivity (Wildman–Crippen MR) is 131 cm³/mol. The van der Waals surface area contributed by atoms with Gasteiger partial charge in [0.2, 0.25) is 0 Å². The van der Waals surface area contributed by atoms with Gasteiger partial charge in [-0.3, -0.25) is 20.1 Å². The smallest absolute Gasteiger partial charge is 0.328 e. The zero-order chi connectivity index (χ0) is 24.4. The second-order valence-corrected chi connectivity index (χ2v) is 9.08. The van der Waals surface area contributed by atoms with Crippen molar-refractivity contribution in [1.82, 2.24) is 9.13 Å². The molecule has 1 aromatic rings. The Bertz CT molecular complexity index is 881. The van der Waals surface area contributed by atoms with Crippen LogP contribution in [0.25, 0.3) is 0 Å². The van der Waals surface area contributed by atoms with E-state index in [1.54, 1.807) is 12.3 Å². The summed E-state index contributed by atoms with van der Waals surface area (Å²) in [6.45, 7) is 13.7. The molecule has 35 heavy (non-hydrogen) atoms. The maximum absolute atomic E-state index is 12.7. The number of hydrogen-bond acceptors (Lipinski definition) is 5. The quantitative estimate of drug-likeness (QED) is 0.343. The number of allylic oxidation sites excluding steroid dienone is 1. The van der Waals surface area contributed by atoms with Gasteiger partial charge in [0.1, 0.15) is 6.04 Å². The first kappa shape index (κ1) is 41.0. The molecule has 3 heterocycles. The molecule has 4 bridgehead atoms. The summed E-state index contributed by atoms with van der Waals surface area (Å²) < 4.78 is 8.57. The number of hydrogen-bond donors (Lipinski definition) is 2. The monoisotopic (exact) mass is 735 g/mol. The van der Waals surface area contributed by atoms with Crippen LogP contribution in [0.3, 0.4) is 0 Å². The number of ether oxygens (including phenoxy) is 1. The van der Waals surface area contributed by atoms with Gasteiger partial charge >= 0.3 is 11.7 Å². The summed E-state index contributed by atoms with van der Waals surface area (Å²) >= 11 is 0. The molecule has 3 rings (SSSR count). The minimum atomic E-state index is -1.15. The molecule has 0 aliphatic carbocycles. The largest absolute Gasteiger partial charge is 0.514 e. The third-order valence-electron chi connectivity index (χ3n) is 5.51. The van der Waals surface area contributed by atoms with Crippen molar-refractivity contribution in [3.8, 4) is 0 Å². The van der Waals surface area contributed by atoms with Crippen molar-refractivity contribution in [3.05, 3.63) is 51.2 Å². The van der Waals surface area contributed by atoms with Crippen LogP contribution < -0.4 is 17.0 Å². The topological polar surface area (TPSA) is 117 Å². The van der Waals surface area contributed by atoms with E-state index in [1.165, 1.54) is 4.57 Å². The van der Waals surface area contributed by atoms with Gasteiger partial charge in [0.15, 0.2) is 0 Å². The third kappa shape index (κ3) is 13.0. The summed E-state index contributed by atoms with van der Waals surface area (Å²) in [6, 6.07) is -1.11. The van der Waals surface area contributed by atoms with Crippen molar-refractivity contribution in [3.63, 3.8) is 0 Å². The van der Waals surface area contributed by atoms with Gasteiger partial charge in [-0.15, -0.1) is 6.42 Å². The molecule has 2 aliphatic rings. The van der Waals surface area contributed by atoms with E-state index in [0.717, 1.165) is 36.2 Å². The molecule has 0 amide bonds. The average molecular weight is 735 g/mol. The van der Waals surface area contributed by atoms with Crippen LogP contribution in [0.1, 0.15) is 71.5 Å². The summed E-state index contributed by atoms with van der Waals surface area (Å²) in [6.07, 6.45) is 6.72. The van der Waals surface area contributed by atoms with E-state index in [-0.39, 0.29) is 123 Å². The van der Waals surface area contributed by atoms with Gasteiger partial charge < -0.3 is 26.7 Å². The normalized spacial score (nSPS) is 19.7. The molecule has 0 aromatic carbocycles. The number of aliphatic carboxylic acids is 1. The van der Waals surface area contributed by atoms with E-state index in [1.807, 2.05) is 30.0 Å². The van der Waals surface area contributed by atoms with Gasteiger partial charge in [0.25, 0.3) is 5.56 Å². The molecule has 1 fully saturated rings. The molecule has 2 aliphatic heterocycles. The molecule has 8 nitrogen and oxygen atoms in total. The second kappa shape index (κ2) is 21.4. The van der Waals surface area contributed by atoms with Gasteiger partial charge in [-0.25, -0.2) is 10.9 Å². The van der Waals surface area contributed by atoms with E-state index < -0.39 is 23.3 Å². The second-order valence-electron chi connectivity index (χ2n) is 8.03. The standard InChI is InChI=1S/C16H22N3O5.C5H10P.C2H6.3Y/c1-9-6-10-2-3-13(24-10)11-8-18(7-9)16(23)19(14(11)20)5-4-12(17)15(21)22;1-3-5(6)4-2;1-2;;;/h8,10,12-13H,2-7,17H2,1H3,(H,21,22);1,3,5H,4,6H2,2H3;1-2H3;;;/q2*-1;;;;/p+1/t10?,12?,13-;;;;;/m1...../s1. The Morgan fingerprint density at radius 2 is 1.94 bits per heavy atom. The SMILES string of the molecule is CC.C[C-]1CC2CC[C@@H](O2)c2cn(c(=O)n(CCC(N)C(=O)O)c2=O)C1.[CH-]=CC([PH3+])CC.[Y].[Y].[Y]. The summed E-state index contributed by atoms with van der Waals surface area (Å²) in [7, 11) is 1.92. The Morgan fingerprint density at radius 1 is 1.34 bits per heavy atom. The molecule has 1 saturated heterocycles.